The molecule has 25 heavy (non-hydrogen) atoms. The van der Waals surface area contributed by atoms with Crippen molar-refractivity contribution in [3.63, 3.8) is 0 Å². The van der Waals surface area contributed by atoms with Gasteiger partial charge in [-0.1, -0.05) is 0 Å². The molecule has 0 saturated heterocycles. The first-order valence-corrected chi connectivity index (χ1v) is 9.32. The first-order chi connectivity index (χ1) is 12.0. The number of thiophene rings is 1. The van der Waals surface area contributed by atoms with E-state index in [4.69, 9.17) is 5.10 Å². The van der Waals surface area contributed by atoms with E-state index in [-0.39, 0.29) is 11.9 Å². The summed E-state index contributed by atoms with van der Waals surface area (Å²) in [6.07, 6.45) is 4.35. The van der Waals surface area contributed by atoms with Crippen LogP contribution in [-0.4, -0.2) is 37.1 Å². The van der Waals surface area contributed by atoms with Crippen molar-refractivity contribution in [3.05, 3.63) is 45.5 Å². The van der Waals surface area contributed by atoms with Gasteiger partial charge in [0.25, 0.3) is 5.91 Å². The fourth-order valence-corrected chi connectivity index (χ4v) is 4.17. The number of hydrogen-bond acceptors (Lipinski definition) is 4. The van der Waals surface area contributed by atoms with Crippen molar-refractivity contribution in [2.45, 2.75) is 39.8 Å². The predicted molar refractivity (Wildman–Crippen MR) is 97.7 cm³/mol. The molecule has 0 saturated carbocycles. The van der Waals surface area contributed by atoms with Crippen molar-refractivity contribution in [1.29, 1.82) is 0 Å². The second kappa shape index (κ2) is 6.15. The standard InChI is InChI=1S/C18H21N5OS/c1-11(2)23-14-6-9-22(18(24)15-5-4-12(3)25-15)10-13(14)16(21-23)17-19-7-8-20-17/h4-5,7-8,11H,6,9-10H2,1-3H3,(H,19,20). The van der Waals surface area contributed by atoms with Gasteiger partial charge in [-0.05, 0) is 32.9 Å². The molecule has 1 aliphatic heterocycles. The van der Waals surface area contributed by atoms with Crippen LogP contribution in [0.1, 0.15) is 45.7 Å². The summed E-state index contributed by atoms with van der Waals surface area (Å²) in [6, 6.07) is 4.20. The number of aryl methyl sites for hydroxylation is 1. The number of carbonyl (C=O) groups excluding carboxylic acids is 1. The Kier molecular flexibility index (Phi) is 3.95. The molecular weight excluding hydrogens is 334 g/mol. The lowest BCUT2D eigenvalue weighted by Gasteiger charge is -2.28. The van der Waals surface area contributed by atoms with Crippen LogP contribution in [0.25, 0.3) is 11.5 Å². The molecule has 0 fully saturated rings. The van der Waals surface area contributed by atoms with E-state index in [0.29, 0.717) is 6.54 Å². The minimum absolute atomic E-state index is 0.103. The van der Waals surface area contributed by atoms with Gasteiger partial charge in [0.05, 0.1) is 11.4 Å². The number of amides is 1. The Balaban J connectivity index is 1.71. The molecule has 0 spiro atoms. The number of H-pyrrole nitrogens is 1. The van der Waals surface area contributed by atoms with Crippen LogP contribution in [0.15, 0.2) is 24.5 Å². The number of fused-ring (bicyclic) bond motifs is 1. The molecule has 3 aromatic rings. The monoisotopic (exact) mass is 355 g/mol. The van der Waals surface area contributed by atoms with Crippen molar-refractivity contribution < 1.29 is 4.79 Å². The normalized spacial score (nSPS) is 14.2. The van der Waals surface area contributed by atoms with Crippen molar-refractivity contribution in [3.8, 4) is 11.5 Å². The maximum absolute atomic E-state index is 12.8. The average molecular weight is 355 g/mol. The largest absolute Gasteiger partial charge is 0.343 e. The Hall–Kier alpha value is -2.41. The third kappa shape index (κ3) is 2.78. The van der Waals surface area contributed by atoms with Crippen molar-refractivity contribution in [2.24, 2.45) is 0 Å². The van der Waals surface area contributed by atoms with Crippen LogP contribution in [0.4, 0.5) is 0 Å². The summed E-state index contributed by atoms with van der Waals surface area (Å²) in [5.74, 6) is 0.864. The lowest BCUT2D eigenvalue weighted by Crippen LogP contribution is -2.36. The minimum atomic E-state index is 0.103. The van der Waals surface area contributed by atoms with E-state index in [9.17, 15) is 4.79 Å². The Morgan fingerprint density at radius 1 is 1.36 bits per heavy atom. The zero-order valence-corrected chi connectivity index (χ0v) is 15.4. The predicted octanol–water partition coefficient (Wildman–Crippen LogP) is 3.42. The van der Waals surface area contributed by atoms with Gasteiger partial charge < -0.3 is 9.88 Å². The molecule has 1 amide bonds. The van der Waals surface area contributed by atoms with Crippen LogP contribution in [0, 0.1) is 6.92 Å². The Bertz CT molecular complexity index is 906. The molecule has 6 nitrogen and oxygen atoms in total. The van der Waals surface area contributed by atoms with Crippen LogP contribution in [0.2, 0.25) is 0 Å². The number of carbonyl (C=O) groups is 1. The van der Waals surface area contributed by atoms with Gasteiger partial charge in [-0.3, -0.25) is 9.48 Å². The van der Waals surface area contributed by atoms with Crippen molar-refractivity contribution in [2.75, 3.05) is 6.54 Å². The van der Waals surface area contributed by atoms with Gasteiger partial charge >= 0.3 is 0 Å². The molecular formula is C18H21N5OS. The smallest absolute Gasteiger partial charge is 0.264 e. The van der Waals surface area contributed by atoms with Gasteiger partial charge in [0.1, 0.15) is 5.69 Å². The van der Waals surface area contributed by atoms with E-state index in [1.807, 2.05) is 24.0 Å². The SMILES string of the molecule is Cc1ccc(C(=O)N2CCc3c(c(-c4ncc[nH]4)nn3C(C)C)C2)s1. The average Bonchev–Trinajstić information content (AvgIpc) is 3.32. The topological polar surface area (TPSA) is 66.8 Å². The van der Waals surface area contributed by atoms with E-state index in [0.717, 1.165) is 39.8 Å². The fraction of sp³-hybridized carbons (Fsp3) is 0.389. The number of hydrogen-bond donors (Lipinski definition) is 1. The third-order valence-corrected chi connectivity index (χ3v) is 5.52. The summed E-state index contributed by atoms with van der Waals surface area (Å²) in [5.41, 5.74) is 3.18. The van der Waals surface area contributed by atoms with Gasteiger partial charge in [-0.2, -0.15) is 5.10 Å². The van der Waals surface area contributed by atoms with Crippen LogP contribution in [0.5, 0.6) is 0 Å². The quantitative estimate of drug-likeness (QED) is 0.783. The highest BCUT2D eigenvalue weighted by atomic mass is 32.1. The highest BCUT2D eigenvalue weighted by molar-refractivity contribution is 7.13. The number of nitrogens with one attached hydrogen (secondary N) is 1. The number of rotatable bonds is 3. The Labute approximate surface area is 150 Å². The molecule has 0 unspecified atom stereocenters. The zero-order chi connectivity index (χ0) is 17.6. The minimum Gasteiger partial charge on any atom is -0.343 e. The molecule has 0 radical (unpaired) electrons. The Morgan fingerprint density at radius 3 is 2.84 bits per heavy atom. The molecule has 7 heteroatoms. The van der Waals surface area contributed by atoms with E-state index >= 15 is 0 Å². The van der Waals surface area contributed by atoms with Gasteiger partial charge in [0.2, 0.25) is 0 Å². The van der Waals surface area contributed by atoms with E-state index in [1.54, 1.807) is 23.7 Å². The van der Waals surface area contributed by atoms with Crippen molar-refractivity contribution >= 4 is 17.2 Å². The second-order valence-electron chi connectivity index (χ2n) is 6.64. The molecule has 130 valence electrons. The van der Waals surface area contributed by atoms with Crippen LogP contribution < -0.4 is 0 Å². The maximum Gasteiger partial charge on any atom is 0.264 e. The molecule has 0 atom stereocenters. The molecule has 4 rings (SSSR count). The summed E-state index contributed by atoms with van der Waals surface area (Å²) in [7, 11) is 0. The number of nitrogens with zero attached hydrogens (tertiary/aromatic N) is 4. The molecule has 1 N–H and O–H groups in total. The third-order valence-electron chi connectivity index (χ3n) is 4.54. The van der Waals surface area contributed by atoms with E-state index < -0.39 is 0 Å². The molecule has 4 heterocycles. The first kappa shape index (κ1) is 16.1. The summed E-state index contributed by atoms with van der Waals surface area (Å²) >= 11 is 1.55. The highest BCUT2D eigenvalue weighted by Crippen LogP contribution is 2.31. The second-order valence-corrected chi connectivity index (χ2v) is 7.92. The zero-order valence-electron chi connectivity index (χ0n) is 14.6. The van der Waals surface area contributed by atoms with Gasteiger partial charge in [0, 0.05) is 47.5 Å². The van der Waals surface area contributed by atoms with Gasteiger partial charge in [-0.15, -0.1) is 11.3 Å². The van der Waals surface area contributed by atoms with Crippen molar-refractivity contribution in [1.82, 2.24) is 24.6 Å². The molecule has 0 aliphatic carbocycles. The molecule has 1 aliphatic rings. The Morgan fingerprint density at radius 2 is 2.20 bits per heavy atom. The van der Waals surface area contributed by atoms with E-state index in [1.165, 1.54) is 5.69 Å². The van der Waals surface area contributed by atoms with Gasteiger partial charge in [-0.25, -0.2) is 4.98 Å². The molecule has 3 aromatic heterocycles. The fourth-order valence-electron chi connectivity index (χ4n) is 3.34. The maximum atomic E-state index is 12.8. The lowest BCUT2D eigenvalue weighted by molar-refractivity contribution is 0.0738. The number of aromatic amines is 1. The first-order valence-electron chi connectivity index (χ1n) is 8.50. The summed E-state index contributed by atoms with van der Waals surface area (Å²) < 4.78 is 2.07. The van der Waals surface area contributed by atoms with Crippen LogP contribution in [0.3, 0.4) is 0 Å². The summed E-state index contributed by atoms with van der Waals surface area (Å²) in [6.45, 7) is 7.58. The molecule has 0 bridgehead atoms. The van der Waals surface area contributed by atoms with Crippen LogP contribution in [-0.2, 0) is 13.0 Å². The summed E-state index contributed by atoms with van der Waals surface area (Å²) in [4.78, 5) is 24.2. The highest BCUT2D eigenvalue weighted by Gasteiger charge is 2.30. The summed E-state index contributed by atoms with van der Waals surface area (Å²) in [5, 5.41) is 4.79. The molecule has 0 aromatic carbocycles. The number of aromatic nitrogens is 4. The number of imidazole rings is 1. The van der Waals surface area contributed by atoms with Crippen LogP contribution >= 0.6 is 11.3 Å². The lowest BCUT2D eigenvalue weighted by atomic mass is 10.0. The van der Waals surface area contributed by atoms with E-state index in [2.05, 4.69) is 28.5 Å². The van der Waals surface area contributed by atoms with Gasteiger partial charge in [0.15, 0.2) is 5.82 Å².